The van der Waals surface area contributed by atoms with Gasteiger partial charge in [-0.05, 0) is 67.6 Å². The van der Waals surface area contributed by atoms with Crippen LogP contribution in [0.1, 0.15) is 59.6 Å². The number of benzene rings is 1. The molecule has 1 amide bonds. The second kappa shape index (κ2) is 6.99. The molecular weight excluding hydrogens is 357 g/mol. The number of aryl methyl sites for hydroxylation is 1. The van der Waals surface area contributed by atoms with E-state index in [1.165, 1.54) is 11.6 Å². The monoisotopic (exact) mass is 385 g/mol. The molecule has 0 saturated carbocycles. The number of aromatic nitrogens is 2. The first-order valence-electron chi connectivity index (χ1n) is 10.0. The third-order valence-corrected chi connectivity index (χ3v) is 6.17. The predicted octanol–water partition coefficient (Wildman–Crippen LogP) is 3.51. The topological polar surface area (TPSA) is 70.1 Å². The number of amides is 1. The minimum Gasteiger partial charge on any atom is -0.381 e. The van der Waals surface area contributed by atoms with Gasteiger partial charge in [0.15, 0.2) is 0 Å². The zero-order valence-corrected chi connectivity index (χ0v) is 16.8. The third-order valence-electron chi connectivity index (χ3n) is 6.17. The Bertz CT molecular complexity index is 926. The lowest BCUT2D eigenvalue weighted by Gasteiger charge is -2.30. The summed E-state index contributed by atoms with van der Waals surface area (Å²) in [5.41, 5.74) is 10.4. The van der Waals surface area contributed by atoms with E-state index in [1.807, 2.05) is 17.7 Å². The fourth-order valence-electron chi connectivity index (χ4n) is 4.60. The number of nitrogens with two attached hydrogens (primary N) is 1. The van der Waals surface area contributed by atoms with Crippen LogP contribution in [0.5, 0.6) is 0 Å². The van der Waals surface area contributed by atoms with E-state index in [0.29, 0.717) is 30.9 Å². The number of ether oxygens (including phenoxy) is 1. The van der Waals surface area contributed by atoms with E-state index in [9.17, 15) is 9.18 Å². The van der Waals surface area contributed by atoms with Crippen molar-refractivity contribution < 1.29 is 13.9 Å². The van der Waals surface area contributed by atoms with Crippen LogP contribution in [0.3, 0.4) is 0 Å². The van der Waals surface area contributed by atoms with Gasteiger partial charge in [-0.15, -0.1) is 0 Å². The number of carbonyl (C=O) groups is 1. The van der Waals surface area contributed by atoms with Crippen molar-refractivity contribution in [2.24, 2.45) is 17.1 Å². The van der Waals surface area contributed by atoms with Gasteiger partial charge in [0, 0.05) is 25.0 Å². The van der Waals surface area contributed by atoms with E-state index >= 15 is 0 Å². The molecule has 2 N–H and O–H groups in total. The number of halogens is 1. The maximum absolute atomic E-state index is 14.9. The average molecular weight is 385 g/mol. The maximum Gasteiger partial charge on any atom is 0.251 e. The van der Waals surface area contributed by atoms with E-state index in [1.54, 1.807) is 0 Å². The molecule has 4 rings (SSSR count). The fraction of sp³-hybridized carbons (Fsp3) is 0.545. The molecular formula is C22H28FN3O2. The van der Waals surface area contributed by atoms with Crippen LogP contribution < -0.4 is 5.73 Å². The van der Waals surface area contributed by atoms with Gasteiger partial charge in [-0.3, -0.25) is 4.79 Å². The van der Waals surface area contributed by atoms with Crippen LogP contribution >= 0.6 is 0 Å². The van der Waals surface area contributed by atoms with Gasteiger partial charge in [0.2, 0.25) is 0 Å². The van der Waals surface area contributed by atoms with Crippen LogP contribution in [-0.2, 0) is 24.0 Å². The van der Waals surface area contributed by atoms with E-state index in [4.69, 9.17) is 15.6 Å². The van der Waals surface area contributed by atoms with Gasteiger partial charge in [-0.25, -0.2) is 9.07 Å². The van der Waals surface area contributed by atoms with E-state index in [-0.39, 0.29) is 16.9 Å². The highest BCUT2D eigenvalue weighted by atomic mass is 19.1. The molecule has 1 fully saturated rings. The summed E-state index contributed by atoms with van der Waals surface area (Å²) in [4.78, 5) is 11.9. The van der Waals surface area contributed by atoms with Gasteiger partial charge >= 0.3 is 0 Å². The van der Waals surface area contributed by atoms with Gasteiger partial charge in [0.25, 0.3) is 5.91 Å². The molecule has 6 heteroatoms. The minimum atomic E-state index is -0.724. The second-order valence-corrected chi connectivity index (χ2v) is 9.02. The van der Waals surface area contributed by atoms with Crippen LogP contribution in [0, 0.1) is 24.1 Å². The lowest BCUT2D eigenvalue weighted by atomic mass is 9.76. The molecule has 2 aliphatic rings. The molecule has 1 aliphatic carbocycles. The van der Waals surface area contributed by atoms with Crippen molar-refractivity contribution in [3.8, 4) is 5.69 Å². The summed E-state index contributed by atoms with van der Waals surface area (Å²) in [6, 6.07) is 3.28. The Morgan fingerprint density at radius 3 is 2.89 bits per heavy atom. The summed E-state index contributed by atoms with van der Waals surface area (Å²) in [6.07, 6.45) is 4.50. The Hall–Kier alpha value is -2.21. The molecule has 2 heterocycles. The molecule has 1 aromatic heterocycles. The van der Waals surface area contributed by atoms with Gasteiger partial charge < -0.3 is 10.5 Å². The molecule has 1 saturated heterocycles. The normalized spacial score (nSPS) is 20.9. The van der Waals surface area contributed by atoms with Crippen molar-refractivity contribution in [3.63, 3.8) is 0 Å². The molecule has 0 spiro atoms. The summed E-state index contributed by atoms with van der Waals surface area (Å²) in [5.74, 6) is -1.02. The Morgan fingerprint density at radius 2 is 2.21 bits per heavy atom. The molecule has 28 heavy (non-hydrogen) atoms. The van der Waals surface area contributed by atoms with E-state index in [0.717, 1.165) is 37.1 Å². The van der Waals surface area contributed by atoms with Crippen molar-refractivity contribution in [1.82, 2.24) is 9.78 Å². The maximum atomic E-state index is 14.9. The predicted molar refractivity (Wildman–Crippen MR) is 105 cm³/mol. The number of fused-ring (bicyclic) bond motifs is 1. The molecule has 5 nitrogen and oxygen atoms in total. The van der Waals surface area contributed by atoms with Crippen LogP contribution in [0.4, 0.5) is 4.39 Å². The lowest BCUT2D eigenvalue weighted by molar-refractivity contribution is 0.0995. The van der Waals surface area contributed by atoms with Crippen LogP contribution in [0.15, 0.2) is 12.1 Å². The first-order valence-corrected chi connectivity index (χ1v) is 10.0. The third kappa shape index (κ3) is 3.46. The van der Waals surface area contributed by atoms with E-state index in [2.05, 4.69) is 13.8 Å². The molecule has 150 valence electrons. The average Bonchev–Trinajstić information content (AvgIpc) is 3.21. The molecule has 1 aromatic carbocycles. The highest BCUT2D eigenvalue weighted by Crippen LogP contribution is 2.37. The zero-order chi connectivity index (χ0) is 20.1. The van der Waals surface area contributed by atoms with Crippen molar-refractivity contribution >= 4 is 5.91 Å². The Kier molecular flexibility index (Phi) is 4.78. The van der Waals surface area contributed by atoms with Crippen LogP contribution in [0.2, 0.25) is 0 Å². The number of hydrogen-bond donors (Lipinski definition) is 1. The zero-order valence-electron chi connectivity index (χ0n) is 16.8. The molecule has 0 bridgehead atoms. The SMILES string of the molecule is Cc1nn(-c2cc(F)c(C(N)=O)c(C[C@H]3CCOC3)c2)c2c1CCC(C)(C)C2. The molecule has 1 aliphatic heterocycles. The molecule has 0 radical (unpaired) electrons. The molecule has 2 aromatic rings. The van der Waals surface area contributed by atoms with Crippen molar-refractivity contribution in [2.75, 3.05) is 13.2 Å². The number of nitrogens with zero attached hydrogens (tertiary/aromatic N) is 2. The quantitative estimate of drug-likeness (QED) is 0.875. The van der Waals surface area contributed by atoms with Crippen molar-refractivity contribution in [1.29, 1.82) is 0 Å². The highest BCUT2D eigenvalue weighted by Gasteiger charge is 2.31. The Labute approximate surface area is 165 Å². The first-order chi connectivity index (χ1) is 13.2. The van der Waals surface area contributed by atoms with Crippen molar-refractivity contribution in [2.45, 2.75) is 52.9 Å². The van der Waals surface area contributed by atoms with Crippen LogP contribution in [-0.4, -0.2) is 28.9 Å². The standard InChI is InChI=1S/C22H28FN3O2/c1-13-17-4-6-22(2,3)11-19(17)26(25-13)16-9-15(8-14-5-7-28-12-14)20(21(24)27)18(23)10-16/h9-10,14H,4-8,11-12H2,1-3H3,(H2,24,27)/t14-/m1/s1. The molecule has 0 unspecified atom stereocenters. The summed E-state index contributed by atoms with van der Waals surface area (Å²) in [7, 11) is 0. The largest absolute Gasteiger partial charge is 0.381 e. The van der Waals surface area contributed by atoms with Gasteiger partial charge in [-0.1, -0.05) is 13.8 Å². The number of hydrogen-bond acceptors (Lipinski definition) is 3. The smallest absolute Gasteiger partial charge is 0.251 e. The van der Waals surface area contributed by atoms with Gasteiger partial charge in [0.1, 0.15) is 5.82 Å². The Balaban J connectivity index is 1.81. The summed E-state index contributed by atoms with van der Waals surface area (Å²) >= 11 is 0. The lowest BCUT2D eigenvalue weighted by Crippen LogP contribution is -2.24. The van der Waals surface area contributed by atoms with E-state index < -0.39 is 11.7 Å². The van der Waals surface area contributed by atoms with Crippen LogP contribution in [0.25, 0.3) is 5.69 Å². The van der Waals surface area contributed by atoms with Gasteiger partial charge in [0.05, 0.1) is 16.9 Å². The minimum absolute atomic E-state index is 0.00581. The summed E-state index contributed by atoms with van der Waals surface area (Å²) < 4.78 is 22.3. The second-order valence-electron chi connectivity index (χ2n) is 9.02. The number of carbonyl (C=O) groups excluding carboxylic acids is 1. The number of rotatable bonds is 4. The molecule has 1 atom stereocenters. The Morgan fingerprint density at radius 1 is 1.43 bits per heavy atom. The highest BCUT2D eigenvalue weighted by molar-refractivity contribution is 5.95. The summed E-state index contributed by atoms with van der Waals surface area (Å²) in [5, 5.41) is 4.73. The summed E-state index contributed by atoms with van der Waals surface area (Å²) in [6.45, 7) is 7.86. The fourth-order valence-corrected chi connectivity index (χ4v) is 4.60. The van der Waals surface area contributed by atoms with Crippen molar-refractivity contribution in [3.05, 3.63) is 46.0 Å². The van der Waals surface area contributed by atoms with Gasteiger partial charge in [-0.2, -0.15) is 5.10 Å². The first kappa shape index (κ1) is 19.1. The number of primary amides is 1.